The van der Waals surface area contributed by atoms with Gasteiger partial charge in [-0.3, -0.25) is 9.59 Å². The molecule has 2 heterocycles. The van der Waals surface area contributed by atoms with Crippen LogP contribution in [-0.4, -0.2) is 17.8 Å². The second-order valence-corrected chi connectivity index (χ2v) is 6.34. The second-order valence-electron chi connectivity index (χ2n) is 6.34. The predicted octanol–water partition coefficient (Wildman–Crippen LogP) is 3.55. The third kappa shape index (κ3) is 2.68. The van der Waals surface area contributed by atoms with Gasteiger partial charge in [0.25, 0.3) is 5.91 Å². The first-order valence-electron chi connectivity index (χ1n) is 8.26. The summed E-state index contributed by atoms with van der Waals surface area (Å²) in [5.74, 6) is -0.0705. The monoisotopic (exact) mass is 301 g/mol. The first-order chi connectivity index (χ1) is 10.7. The van der Waals surface area contributed by atoms with Gasteiger partial charge in [0.15, 0.2) is 5.60 Å². The number of nitrogens with one attached hydrogen (secondary N) is 1. The molecule has 2 atom stereocenters. The Kier molecular flexibility index (Phi) is 4.30. The Morgan fingerprint density at radius 3 is 2.86 bits per heavy atom. The summed E-state index contributed by atoms with van der Waals surface area (Å²) in [6.45, 7) is 2.18. The van der Waals surface area contributed by atoms with Crippen LogP contribution in [0.5, 0.6) is 0 Å². The SMILES string of the molecule is CCCCCC[C@@H]1CC(=O)C[C@@]2(O1)C(=O)Nc1ccccc12. The number of para-hydroxylation sites is 1. The average molecular weight is 301 g/mol. The average Bonchev–Trinajstić information content (AvgIpc) is 2.76. The van der Waals surface area contributed by atoms with E-state index in [0.717, 1.165) is 30.5 Å². The molecule has 1 aromatic rings. The number of ether oxygens (including phenoxy) is 1. The largest absolute Gasteiger partial charge is 0.356 e. The smallest absolute Gasteiger partial charge is 0.261 e. The van der Waals surface area contributed by atoms with Crippen molar-refractivity contribution < 1.29 is 14.3 Å². The van der Waals surface area contributed by atoms with Crippen LogP contribution in [0.3, 0.4) is 0 Å². The molecular formula is C18H23NO3. The zero-order valence-electron chi connectivity index (χ0n) is 13.1. The number of unbranched alkanes of at least 4 members (excludes halogenated alkanes) is 3. The van der Waals surface area contributed by atoms with Crippen molar-refractivity contribution in [1.82, 2.24) is 0 Å². The lowest BCUT2D eigenvalue weighted by Gasteiger charge is -2.36. The standard InChI is InChI=1S/C18H23NO3/c1-2-3-4-5-8-14-11-13(20)12-18(22-14)15-9-6-7-10-16(15)19-17(18)21/h6-7,9-10,14H,2-5,8,11-12H2,1H3,(H,19,21)/t14-,18+/m1/s1. The molecule has 2 aliphatic rings. The van der Waals surface area contributed by atoms with Crippen LogP contribution in [-0.2, 0) is 19.9 Å². The number of Topliss-reactive ketones (excluding diaryl/α,β-unsaturated/α-hetero) is 1. The lowest BCUT2D eigenvalue weighted by molar-refractivity contribution is -0.170. The summed E-state index contributed by atoms with van der Waals surface area (Å²) in [5, 5.41) is 2.86. The van der Waals surface area contributed by atoms with Crippen molar-refractivity contribution >= 4 is 17.4 Å². The molecule has 1 spiro atoms. The first kappa shape index (κ1) is 15.2. The Labute approximate surface area is 131 Å². The van der Waals surface area contributed by atoms with Crippen molar-refractivity contribution in [1.29, 1.82) is 0 Å². The van der Waals surface area contributed by atoms with Crippen LogP contribution in [0.4, 0.5) is 5.69 Å². The number of rotatable bonds is 5. The summed E-state index contributed by atoms with van der Waals surface area (Å²) in [6, 6.07) is 7.52. The molecule has 3 rings (SSSR count). The van der Waals surface area contributed by atoms with Gasteiger partial charge in [0, 0.05) is 24.1 Å². The number of carbonyl (C=O) groups is 2. The number of fused-ring (bicyclic) bond motifs is 2. The maximum atomic E-state index is 12.5. The van der Waals surface area contributed by atoms with Crippen LogP contribution >= 0.6 is 0 Å². The third-order valence-electron chi connectivity index (χ3n) is 4.63. The van der Waals surface area contributed by atoms with Crippen molar-refractivity contribution in [2.24, 2.45) is 0 Å². The summed E-state index contributed by atoms with van der Waals surface area (Å²) in [5.41, 5.74) is 0.486. The lowest BCUT2D eigenvalue weighted by atomic mass is 9.84. The quantitative estimate of drug-likeness (QED) is 0.846. The number of hydrogen-bond acceptors (Lipinski definition) is 3. The van der Waals surface area contributed by atoms with E-state index in [1.54, 1.807) is 0 Å². The number of carbonyl (C=O) groups excluding carboxylic acids is 2. The summed E-state index contributed by atoms with van der Waals surface area (Å²) < 4.78 is 6.19. The molecule has 4 nitrogen and oxygen atoms in total. The lowest BCUT2D eigenvalue weighted by Crippen LogP contribution is -2.47. The summed E-state index contributed by atoms with van der Waals surface area (Å²) in [4.78, 5) is 24.7. The highest BCUT2D eigenvalue weighted by atomic mass is 16.5. The Balaban J connectivity index is 1.78. The molecule has 22 heavy (non-hydrogen) atoms. The summed E-state index contributed by atoms with van der Waals surface area (Å²) in [7, 11) is 0. The zero-order valence-corrected chi connectivity index (χ0v) is 13.1. The van der Waals surface area contributed by atoms with Gasteiger partial charge in [-0.05, 0) is 12.5 Å². The Morgan fingerprint density at radius 1 is 1.23 bits per heavy atom. The van der Waals surface area contributed by atoms with Gasteiger partial charge < -0.3 is 10.1 Å². The predicted molar refractivity (Wildman–Crippen MR) is 84.6 cm³/mol. The van der Waals surface area contributed by atoms with E-state index in [2.05, 4.69) is 12.2 Å². The van der Waals surface area contributed by atoms with E-state index in [4.69, 9.17) is 4.74 Å². The minimum atomic E-state index is -1.10. The minimum Gasteiger partial charge on any atom is -0.356 e. The zero-order chi connectivity index (χ0) is 15.6. The van der Waals surface area contributed by atoms with Gasteiger partial charge in [0.1, 0.15) is 5.78 Å². The van der Waals surface area contributed by atoms with Gasteiger partial charge in [-0.15, -0.1) is 0 Å². The molecule has 1 saturated heterocycles. The topological polar surface area (TPSA) is 55.4 Å². The fraction of sp³-hybridized carbons (Fsp3) is 0.556. The third-order valence-corrected chi connectivity index (χ3v) is 4.63. The van der Waals surface area contributed by atoms with Crippen molar-refractivity contribution in [3.05, 3.63) is 29.8 Å². The summed E-state index contributed by atoms with van der Waals surface area (Å²) in [6.07, 6.45) is 5.88. The maximum absolute atomic E-state index is 12.5. The van der Waals surface area contributed by atoms with Crippen molar-refractivity contribution in [3.63, 3.8) is 0 Å². The van der Waals surface area contributed by atoms with Crippen LogP contribution in [0.2, 0.25) is 0 Å². The van der Waals surface area contributed by atoms with Gasteiger partial charge in [-0.25, -0.2) is 0 Å². The number of anilines is 1. The molecule has 0 bridgehead atoms. The highest BCUT2D eigenvalue weighted by Crippen LogP contribution is 2.45. The van der Waals surface area contributed by atoms with Gasteiger partial charge in [-0.1, -0.05) is 50.8 Å². The van der Waals surface area contributed by atoms with Crippen molar-refractivity contribution in [3.8, 4) is 0 Å². The second kappa shape index (κ2) is 6.21. The Morgan fingerprint density at radius 2 is 2.05 bits per heavy atom. The van der Waals surface area contributed by atoms with Crippen LogP contribution in [0.1, 0.15) is 57.4 Å². The molecule has 0 radical (unpaired) electrons. The van der Waals surface area contributed by atoms with Crippen molar-refractivity contribution in [2.45, 2.75) is 63.6 Å². The molecule has 0 saturated carbocycles. The molecule has 1 amide bonds. The Hall–Kier alpha value is -1.68. The highest BCUT2D eigenvalue weighted by Gasteiger charge is 2.53. The molecular weight excluding hydrogens is 278 g/mol. The van der Waals surface area contributed by atoms with E-state index < -0.39 is 5.60 Å². The minimum absolute atomic E-state index is 0.124. The fourth-order valence-corrected chi connectivity index (χ4v) is 3.51. The molecule has 0 aliphatic carbocycles. The van der Waals surface area contributed by atoms with E-state index in [-0.39, 0.29) is 24.2 Å². The molecule has 0 unspecified atom stereocenters. The van der Waals surface area contributed by atoms with Crippen LogP contribution < -0.4 is 5.32 Å². The summed E-state index contributed by atoms with van der Waals surface area (Å²) >= 11 is 0. The van der Waals surface area contributed by atoms with E-state index in [1.165, 1.54) is 12.8 Å². The molecule has 1 aromatic carbocycles. The normalized spacial score (nSPS) is 27.0. The van der Waals surface area contributed by atoms with Crippen molar-refractivity contribution in [2.75, 3.05) is 5.32 Å². The molecule has 1 fully saturated rings. The van der Waals surface area contributed by atoms with Crippen LogP contribution in [0, 0.1) is 0 Å². The molecule has 0 aromatic heterocycles. The fourth-order valence-electron chi connectivity index (χ4n) is 3.51. The number of hydrogen-bond donors (Lipinski definition) is 1. The number of benzene rings is 1. The molecule has 118 valence electrons. The van der Waals surface area contributed by atoms with Gasteiger partial charge in [0.2, 0.25) is 0 Å². The number of amides is 1. The molecule has 4 heteroatoms. The Bertz CT molecular complexity index is 583. The van der Waals surface area contributed by atoms with Gasteiger partial charge in [0.05, 0.1) is 6.10 Å². The van der Waals surface area contributed by atoms with Gasteiger partial charge >= 0.3 is 0 Å². The highest BCUT2D eigenvalue weighted by molar-refractivity contribution is 6.07. The van der Waals surface area contributed by atoms with Crippen LogP contribution in [0.25, 0.3) is 0 Å². The molecule has 1 N–H and O–H groups in total. The van der Waals surface area contributed by atoms with Crippen LogP contribution in [0.15, 0.2) is 24.3 Å². The maximum Gasteiger partial charge on any atom is 0.261 e. The van der Waals surface area contributed by atoms with E-state index in [0.29, 0.717) is 6.42 Å². The first-order valence-corrected chi connectivity index (χ1v) is 8.26. The van der Waals surface area contributed by atoms with E-state index in [9.17, 15) is 9.59 Å². The molecule has 2 aliphatic heterocycles. The van der Waals surface area contributed by atoms with Gasteiger partial charge in [-0.2, -0.15) is 0 Å². The van der Waals surface area contributed by atoms with E-state index in [1.807, 2.05) is 24.3 Å². The van der Waals surface area contributed by atoms with E-state index >= 15 is 0 Å². The number of ketones is 1.